The molecule has 1 aromatic rings. The van der Waals surface area contributed by atoms with Crippen molar-refractivity contribution in [2.24, 2.45) is 0 Å². The summed E-state index contributed by atoms with van der Waals surface area (Å²) in [5, 5.41) is 13.8. The highest BCUT2D eigenvalue weighted by Crippen LogP contribution is 2.27. The van der Waals surface area contributed by atoms with Gasteiger partial charge in [0, 0.05) is 6.42 Å². The molecule has 0 aliphatic carbocycles. The van der Waals surface area contributed by atoms with E-state index in [4.69, 9.17) is 0 Å². The fraction of sp³-hybridized carbons (Fsp3) is 0.600. The third-order valence-electron chi connectivity index (χ3n) is 1.86. The normalized spacial score (nSPS) is 12.4. The Kier molecular flexibility index (Phi) is 4.05. The van der Waals surface area contributed by atoms with Crippen molar-refractivity contribution in [3.8, 4) is 11.8 Å². The van der Waals surface area contributed by atoms with Gasteiger partial charge in [-0.05, 0) is 24.4 Å². The number of aliphatic hydroxyl groups is 1. The molecule has 0 spiro atoms. The minimum absolute atomic E-state index is 0.299. The van der Waals surface area contributed by atoms with Crippen LogP contribution in [0.1, 0.15) is 49.8 Å². The quantitative estimate of drug-likeness (QED) is 0.777. The monoisotopic (exact) mass is 210 g/mol. The Labute approximate surface area is 88.3 Å². The van der Waals surface area contributed by atoms with Crippen molar-refractivity contribution >= 4 is 11.5 Å². The maximum absolute atomic E-state index is 9.80. The second-order valence-electron chi connectivity index (χ2n) is 3.32. The first kappa shape index (κ1) is 11.2. The second-order valence-corrected chi connectivity index (χ2v) is 4.11. The molecule has 0 aliphatic heterocycles. The van der Waals surface area contributed by atoms with Gasteiger partial charge in [-0.3, -0.25) is 0 Å². The predicted molar refractivity (Wildman–Crippen MR) is 57.0 cm³/mol. The summed E-state index contributed by atoms with van der Waals surface area (Å²) in [6.45, 7) is 5.85. The number of hydrogen-bond donors (Lipinski definition) is 1. The van der Waals surface area contributed by atoms with Gasteiger partial charge in [-0.25, -0.2) is 0 Å². The molecule has 0 saturated heterocycles. The van der Waals surface area contributed by atoms with E-state index >= 15 is 0 Å². The minimum atomic E-state index is -0.542. The first-order valence-corrected chi connectivity index (χ1v) is 5.34. The molecule has 1 heterocycles. The minimum Gasteiger partial charge on any atom is -0.386 e. The molecule has 0 saturated carbocycles. The SMILES string of the molecule is CC#CCC(O)c1snnc1C(C)C. The lowest BCUT2D eigenvalue weighted by atomic mass is 10.1. The van der Waals surface area contributed by atoms with Gasteiger partial charge in [-0.1, -0.05) is 18.3 Å². The first-order chi connectivity index (χ1) is 6.66. The van der Waals surface area contributed by atoms with Crippen molar-refractivity contribution in [3.63, 3.8) is 0 Å². The molecule has 1 N–H and O–H groups in total. The van der Waals surface area contributed by atoms with Crippen LogP contribution >= 0.6 is 11.5 Å². The highest BCUT2D eigenvalue weighted by atomic mass is 32.1. The van der Waals surface area contributed by atoms with Gasteiger partial charge in [0.05, 0.1) is 10.6 Å². The highest BCUT2D eigenvalue weighted by Gasteiger charge is 2.17. The molecule has 0 aliphatic rings. The van der Waals surface area contributed by atoms with E-state index in [1.807, 2.05) is 13.8 Å². The maximum Gasteiger partial charge on any atom is 0.103 e. The zero-order chi connectivity index (χ0) is 10.6. The Bertz CT molecular complexity index is 348. The Hall–Kier alpha value is -0.920. The van der Waals surface area contributed by atoms with Crippen LogP contribution in [0.2, 0.25) is 0 Å². The standard InChI is InChI=1S/C10H14N2OS/c1-4-5-6-8(13)10-9(7(2)3)11-12-14-10/h7-8,13H,6H2,1-3H3. The lowest BCUT2D eigenvalue weighted by Crippen LogP contribution is -2.00. The van der Waals surface area contributed by atoms with Crippen LogP contribution in [-0.2, 0) is 0 Å². The second kappa shape index (κ2) is 5.08. The average Bonchev–Trinajstić information content (AvgIpc) is 2.62. The van der Waals surface area contributed by atoms with Crippen molar-refractivity contribution in [1.29, 1.82) is 0 Å². The third kappa shape index (κ3) is 2.53. The van der Waals surface area contributed by atoms with E-state index in [2.05, 4.69) is 21.4 Å². The zero-order valence-electron chi connectivity index (χ0n) is 8.61. The summed E-state index contributed by atoms with van der Waals surface area (Å²) in [5.74, 6) is 5.92. The predicted octanol–water partition coefficient (Wildman–Crippen LogP) is 2.11. The van der Waals surface area contributed by atoms with Gasteiger partial charge in [0.2, 0.25) is 0 Å². The topological polar surface area (TPSA) is 46.0 Å². The molecular weight excluding hydrogens is 196 g/mol. The summed E-state index contributed by atoms with van der Waals surface area (Å²) >= 11 is 1.26. The number of hydrogen-bond acceptors (Lipinski definition) is 4. The van der Waals surface area contributed by atoms with Crippen molar-refractivity contribution in [2.45, 2.75) is 39.2 Å². The maximum atomic E-state index is 9.80. The number of aliphatic hydroxyl groups excluding tert-OH is 1. The lowest BCUT2D eigenvalue weighted by Gasteiger charge is -2.07. The van der Waals surface area contributed by atoms with Crippen LogP contribution in [0, 0.1) is 11.8 Å². The van der Waals surface area contributed by atoms with Gasteiger partial charge in [0.1, 0.15) is 6.10 Å². The molecule has 0 amide bonds. The fourth-order valence-electron chi connectivity index (χ4n) is 1.13. The van der Waals surface area contributed by atoms with Gasteiger partial charge >= 0.3 is 0 Å². The molecule has 3 nitrogen and oxygen atoms in total. The Balaban J connectivity index is 2.81. The first-order valence-electron chi connectivity index (χ1n) is 4.56. The number of nitrogens with zero attached hydrogens (tertiary/aromatic N) is 2. The Morgan fingerprint density at radius 1 is 1.50 bits per heavy atom. The summed E-state index contributed by atoms with van der Waals surface area (Å²) in [4.78, 5) is 0.850. The van der Waals surface area contributed by atoms with E-state index < -0.39 is 6.10 Å². The molecule has 0 radical (unpaired) electrons. The van der Waals surface area contributed by atoms with Crippen LogP contribution in [0.4, 0.5) is 0 Å². The van der Waals surface area contributed by atoms with Crippen LogP contribution < -0.4 is 0 Å². The van der Waals surface area contributed by atoms with E-state index in [1.165, 1.54) is 11.5 Å². The van der Waals surface area contributed by atoms with Crippen LogP contribution in [0.3, 0.4) is 0 Å². The van der Waals surface area contributed by atoms with Crippen LogP contribution in [0.15, 0.2) is 0 Å². The fourth-order valence-corrected chi connectivity index (χ4v) is 1.92. The Morgan fingerprint density at radius 3 is 2.79 bits per heavy atom. The number of rotatable bonds is 3. The number of aromatic nitrogens is 2. The Morgan fingerprint density at radius 2 is 2.21 bits per heavy atom. The van der Waals surface area contributed by atoms with Gasteiger partial charge < -0.3 is 5.11 Å². The molecule has 0 bridgehead atoms. The molecule has 76 valence electrons. The summed E-state index contributed by atoms with van der Waals surface area (Å²) < 4.78 is 3.86. The summed E-state index contributed by atoms with van der Waals surface area (Å²) in [6, 6.07) is 0. The molecule has 1 unspecified atom stereocenters. The average molecular weight is 210 g/mol. The third-order valence-corrected chi connectivity index (χ3v) is 2.70. The zero-order valence-corrected chi connectivity index (χ0v) is 9.43. The summed E-state index contributed by atoms with van der Waals surface area (Å²) in [5.41, 5.74) is 0.889. The summed E-state index contributed by atoms with van der Waals surface area (Å²) in [7, 11) is 0. The molecule has 0 aromatic carbocycles. The van der Waals surface area contributed by atoms with Crippen LogP contribution in [-0.4, -0.2) is 14.7 Å². The van der Waals surface area contributed by atoms with Crippen molar-refractivity contribution in [1.82, 2.24) is 9.59 Å². The van der Waals surface area contributed by atoms with Gasteiger partial charge in [0.15, 0.2) is 0 Å². The smallest absolute Gasteiger partial charge is 0.103 e. The van der Waals surface area contributed by atoms with E-state index in [0.717, 1.165) is 10.6 Å². The highest BCUT2D eigenvalue weighted by molar-refractivity contribution is 7.05. The van der Waals surface area contributed by atoms with E-state index in [1.54, 1.807) is 6.92 Å². The molecule has 4 heteroatoms. The summed E-state index contributed by atoms with van der Waals surface area (Å²) in [6.07, 6.45) is -0.0834. The molecule has 1 atom stereocenters. The molecule has 0 fully saturated rings. The van der Waals surface area contributed by atoms with Crippen molar-refractivity contribution in [3.05, 3.63) is 10.6 Å². The molecule has 1 aromatic heterocycles. The van der Waals surface area contributed by atoms with Gasteiger partial charge in [-0.15, -0.1) is 16.9 Å². The van der Waals surface area contributed by atoms with Gasteiger partial charge in [-0.2, -0.15) is 0 Å². The molecule has 1 rings (SSSR count). The molecular formula is C10H14N2OS. The largest absolute Gasteiger partial charge is 0.386 e. The van der Waals surface area contributed by atoms with Crippen LogP contribution in [0.5, 0.6) is 0 Å². The molecule has 14 heavy (non-hydrogen) atoms. The van der Waals surface area contributed by atoms with Gasteiger partial charge in [0.25, 0.3) is 0 Å². The van der Waals surface area contributed by atoms with Crippen LogP contribution in [0.25, 0.3) is 0 Å². The van der Waals surface area contributed by atoms with E-state index in [-0.39, 0.29) is 0 Å². The van der Waals surface area contributed by atoms with Crippen molar-refractivity contribution < 1.29 is 5.11 Å². The van der Waals surface area contributed by atoms with E-state index in [0.29, 0.717) is 12.3 Å². The van der Waals surface area contributed by atoms with E-state index in [9.17, 15) is 5.11 Å². The lowest BCUT2D eigenvalue weighted by molar-refractivity contribution is 0.186. The van der Waals surface area contributed by atoms with Crippen molar-refractivity contribution in [2.75, 3.05) is 0 Å².